The Morgan fingerprint density at radius 1 is 1.19 bits per heavy atom. The van der Waals surface area contributed by atoms with Gasteiger partial charge in [0, 0.05) is 18.2 Å². The Morgan fingerprint density at radius 3 is 2.62 bits per heavy atom. The van der Waals surface area contributed by atoms with Gasteiger partial charge in [0.25, 0.3) is 0 Å². The van der Waals surface area contributed by atoms with Gasteiger partial charge in [0.05, 0.1) is 14.2 Å². The molecule has 5 heteroatoms. The number of carbonyl (C=O) groups excluding carboxylic acids is 1. The van der Waals surface area contributed by atoms with Gasteiger partial charge in [0.15, 0.2) is 0 Å². The number of nitrogens with one attached hydrogen (secondary N) is 2. The molecule has 2 amide bonds. The lowest BCUT2D eigenvalue weighted by Gasteiger charge is -2.23. The Kier molecular flexibility index (Phi) is 5.72. The van der Waals surface area contributed by atoms with Crippen molar-refractivity contribution in [1.29, 1.82) is 0 Å². The third kappa shape index (κ3) is 4.55. The highest BCUT2D eigenvalue weighted by Gasteiger charge is 2.15. The molecular weight excluding hydrogens is 268 g/mol. The summed E-state index contributed by atoms with van der Waals surface area (Å²) in [6.07, 6.45) is 5.84. The van der Waals surface area contributed by atoms with E-state index in [2.05, 4.69) is 10.6 Å². The Labute approximate surface area is 126 Å². The lowest BCUT2D eigenvalue weighted by Crippen LogP contribution is -2.42. The number of rotatable bonds is 5. The van der Waals surface area contributed by atoms with Gasteiger partial charge in [-0.05, 0) is 31.0 Å². The quantitative estimate of drug-likeness (QED) is 0.877. The third-order valence-electron chi connectivity index (χ3n) is 3.87. The first-order valence-corrected chi connectivity index (χ1v) is 7.48. The SMILES string of the molecule is COc1ccc(OC)c(CNC(=O)NC2CCCCC2)c1. The van der Waals surface area contributed by atoms with Gasteiger partial charge in [-0.25, -0.2) is 4.79 Å². The summed E-state index contributed by atoms with van der Waals surface area (Å²) in [4.78, 5) is 11.9. The molecule has 0 spiro atoms. The zero-order chi connectivity index (χ0) is 15.1. The van der Waals surface area contributed by atoms with E-state index in [-0.39, 0.29) is 6.03 Å². The highest BCUT2D eigenvalue weighted by Crippen LogP contribution is 2.23. The van der Waals surface area contributed by atoms with Gasteiger partial charge in [-0.3, -0.25) is 0 Å². The number of hydrogen-bond acceptors (Lipinski definition) is 3. The van der Waals surface area contributed by atoms with Crippen molar-refractivity contribution in [3.8, 4) is 11.5 Å². The molecule has 1 aliphatic rings. The van der Waals surface area contributed by atoms with Crippen LogP contribution in [0.25, 0.3) is 0 Å². The van der Waals surface area contributed by atoms with Crippen LogP contribution in [0.2, 0.25) is 0 Å². The molecule has 1 saturated carbocycles. The van der Waals surface area contributed by atoms with E-state index in [0.717, 1.165) is 29.9 Å². The van der Waals surface area contributed by atoms with Crippen LogP contribution in [-0.2, 0) is 6.54 Å². The molecular formula is C16H24N2O3. The van der Waals surface area contributed by atoms with Crippen molar-refractivity contribution in [2.45, 2.75) is 44.7 Å². The van der Waals surface area contributed by atoms with Crippen LogP contribution in [0.5, 0.6) is 11.5 Å². The molecule has 0 aromatic heterocycles. The minimum absolute atomic E-state index is 0.119. The standard InChI is InChI=1S/C16H24N2O3/c1-20-14-8-9-15(21-2)12(10-14)11-17-16(19)18-13-6-4-3-5-7-13/h8-10,13H,3-7,11H2,1-2H3,(H2,17,18,19). The van der Waals surface area contributed by atoms with Gasteiger partial charge < -0.3 is 20.1 Å². The first kappa shape index (κ1) is 15.5. The van der Waals surface area contributed by atoms with Gasteiger partial charge in [-0.15, -0.1) is 0 Å². The summed E-state index contributed by atoms with van der Waals surface area (Å²) < 4.78 is 10.5. The molecule has 0 aliphatic heterocycles. The van der Waals surface area contributed by atoms with E-state index in [0.29, 0.717) is 12.6 Å². The summed E-state index contributed by atoms with van der Waals surface area (Å²) in [5, 5.41) is 5.92. The number of carbonyl (C=O) groups is 1. The molecule has 0 bridgehead atoms. The second-order valence-electron chi connectivity index (χ2n) is 5.34. The van der Waals surface area contributed by atoms with Crippen LogP contribution in [0.3, 0.4) is 0 Å². The zero-order valence-corrected chi connectivity index (χ0v) is 12.8. The van der Waals surface area contributed by atoms with Crippen LogP contribution in [0.15, 0.2) is 18.2 Å². The number of amides is 2. The van der Waals surface area contributed by atoms with Gasteiger partial charge >= 0.3 is 6.03 Å². The number of urea groups is 1. The maximum absolute atomic E-state index is 11.9. The highest BCUT2D eigenvalue weighted by atomic mass is 16.5. The second kappa shape index (κ2) is 7.76. The Hall–Kier alpha value is -1.91. The molecule has 1 aliphatic carbocycles. The van der Waals surface area contributed by atoms with Crippen molar-refractivity contribution >= 4 is 6.03 Å². The maximum atomic E-state index is 11.9. The molecule has 1 fully saturated rings. The number of ether oxygens (including phenoxy) is 2. The summed E-state index contributed by atoms with van der Waals surface area (Å²) in [6.45, 7) is 0.416. The fraction of sp³-hybridized carbons (Fsp3) is 0.562. The van der Waals surface area contributed by atoms with Gasteiger partial charge in [0.2, 0.25) is 0 Å². The largest absolute Gasteiger partial charge is 0.497 e. The smallest absolute Gasteiger partial charge is 0.315 e. The van der Waals surface area contributed by atoms with E-state index in [1.807, 2.05) is 18.2 Å². The third-order valence-corrected chi connectivity index (χ3v) is 3.87. The topological polar surface area (TPSA) is 59.6 Å². The molecule has 0 saturated heterocycles. The monoisotopic (exact) mass is 292 g/mol. The average Bonchev–Trinajstić information content (AvgIpc) is 2.53. The van der Waals surface area contributed by atoms with Crippen LogP contribution in [-0.4, -0.2) is 26.3 Å². The fourth-order valence-corrected chi connectivity index (χ4v) is 2.68. The van der Waals surface area contributed by atoms with Crippen LogP contribution in [0, 0.1) is 0 Å². The predicted octanol–water partition coefficient (Wildman–Crippen LogP) is 2.84. The normalized spacial score (nSPS) is 15.3. The van der Waals surface area contributed by atoms with Crippen LogP contribution >= 0.6 is 0 Å². The second-order valence-corrected chi connectivity index (χ2v) is 5.34. The van der Waals surface area contributed by atoms with Crippen molar-refractivity contribution in [2.24, 2.45) is 0 Å². The Morgan fingerprint density at radius 2 is 1.95 bits per heavy atom. The van der Waals surface area contributed by atoms with Crippen LogP contribution in [0.4, 0.5) is 4.79 Å². The van der Waals surface area contributed by atoms with Crippen molar-refractivity contribution in [2.75, 3.05) is 14.2 Å². The van der Waals surface area contributed by atoms with Crippen molar-refractivity contribution in [3.05, 3.63) is 23.8 Å². The van der Waals surface area contributed by atoms with Gasteiger partial charge in [0.1, 0.15) is 11.5 Å². The first-order valence-electron chi connectivity index (χ1n) is 7.48. The maximum Gasteiger partial charge on any atom is 0.315 e. The molecule has 0 atom stereocenters. The molecule has 2 rings (SSSR count). The Bertz CT molecular complexity index is 471. The highest BCUT2D eigenvalue weighted by molar-refractivity contribution is 5.74. The van der Waals surface area contributed by atoms with E-state index in [9.17, 15) is 4.79 Å². The van der Waals surface area contributed by atoms with Crippen molar-refractivity contribution in [1.82, 2.24) is 10.6 Å². The van der Waals surface area contributed by atoms with E-state index < -0.39 is 0 Å². The average molecular weight is 292 g/mol. The van der Waals surface area contributed by atoms with Gasteiger partial charge in [-0.2, -0.15) is 0 Å². The van der Waals surface area contributed by atoms with E-state index in [1.165, 1.54) is 19.3 Å². The molecule has 0 heterocycles. The Balaban J connectivity index is 1.87. The van der Waals surface area contributed by atoms with Crippen LogP contribution < -0.4 is 20.1 Å². The molecule has 0 radical (unpaired) electrons. The van der Waals surface area contributed by atoms with E-state index in [4.69, 9.17) is 9.47 Å². The van der Waals surface area contributed by atoms with Crippen molar-refractivity contribution < 1.29 is 14.3 Å². The minimum atomic E-state index is -0.119. The molecule has 1 aromatic rings. The molecule has 0 unspecified atom stereocenters. The predicted molar refractivity (Wildman–Crippen MR) is 81.8 cm³/mol. The molecule has 2 N–H and O–H groups in total. The number of benzene rings is 1. The first-order chi connectivity index (χ1) is 10.2. The zero-order valence-electron chi connectivity index (χ0n) is 12.8. The van der Waals surface area contributed by atoms with Crippen LogP contribution in [0.1, 0.15) is 37.7 Å². The molecule has 116 valence electrons. The summed E-state index contributed by atoms with van der Waals surface area (Å²) in [5.41, 5.74) is 0.899. The minimum Gasteiger partial charge on any atom is -0.497 e. The summed E-state index contributed by atoms with van der Waals surface area (Å²) in [6, 6.07) is 5.75. The molecule has 1 aromatic carbocycles. The molecule has 21 heavy (non-hydrogen) atoms. The summed E-state index contributed by atoms with van der Waals surface area (Å²) in [7, 11) is 3.24. The van der Waals surface area contributed by atoms with E-state index >= 15 is 0 Å². The summed E-state index contributed by atoms with van der Waals surface area (Å²) >= 11 is 0. The van der Waals surface area contributed by atoms with Crippen molar-refractivity contribution in [3.63, 3.8) is 0 Å². The lowest BCUT2D eigenvalue weighted by atomic mass is 9.96. The van der Waals surface area contributed by atoms with E-state index in [1.54, 1.807) is 14.2 Å². The fourth-order valence-electron chi connectivity index (χ4n) is 2.68. The summed E-state index contributed by atoms with van der Waals surface area (Å²) in [5.74, 6) is 1.49. The number of methoxy groups -OCH3 is 2. The van der Waals surface area contributed by atoms with Gasteiger partial charge in [-0.1, -0.05) is 19.3 Å². The number of hydrogen-bond donors (Lipinski definition) is 2. The molecule has 5 nitrogen and oxygen atoms in total. The lowest BCUT2D eigenvalue weighted by molar-refractivity contribution is 0.232.